The minimum atomic E-state index is -0.192. The number of benzene rings is 1. The van der Waals surface area contributed by atoms with Crippen LogP contribution in [-0.4, -0.2) is 41.9 Å². The first-order valence-corrected chi connectivity index (χ1v) is 6.26. The van der Waals surface area contributed by atoms with E-state index in [9.17, 15) is 4.79 Å². The maximum Gasteiger partial charge on any atom is 0.241 e. The highest BCUT2D eigenvalue weighted by Crippen LogP contribution is 2.18. The van der Waals surface area contributed by atoms with Gasteiger partial charge in [-0.3, -0.25) is 9.89 Å². The number of aromatic nitrogens is 2. The first-order valence-electron chi connectivity index (χ1n) is 6.26. The van der Waals surface area contributed by atoms with Crippen molar-refractivity contribution in [2.24, 2.45) is 0 Å². The number of carbonyl (C=O) groups excluding carboxylic acids is 1. The molecular weight excluding hydrogens is 244 g/mol. The van der Waals surface area contributed by atoms with Gasteiger partial charge in [-0.1, -0.05) is 0 Å². The van der Waals surface area contributed by atoms with Gasteiger partial charge in [0.1, 0.15) is 0 Å². The topological polar surface area (TPSA) is 79.0 Å². The molecule has 19 heavy (non-hydrogen) atoms. The molecule has 3 N–H and O–H groups in total. The van der Waals surface area contributed by atoms with Gasteiger partial charge in [0.05, 0.1) is 23.9 Å². The molecule has 0 bridgehead atoms. The van der Waals surface area contributed by atoms with E-state index in [-0.39, 0.29) is 18.1 Å². The Morgan fingerprint density at radius 1 is 1.53 bits per heavy atom. The van der Waals surface area contributed by atoms with Gasteiger partial charge in [0, 0.05) is 24.7 Å². The fourth-order valence-corrected chi connectivity index (χ4v) is 2.33. The molecule has 1 amide bonds. The van der Waals surface area contributed by atoms with Gasteiger partial charge in [0.15, 0.2) is 0 Å². The number of anilines is 1. The molecule has 1 aromatic heterocycles. The van der Waals surface area contributed by atoms with Crippen LogP contribution in [0.4, 0.5) is 5.69 Å². The molecule has 1 fully saturated rings. The smallest absolute Gasteiger partial charge is 0.241 e. The quantitative estimate of drug-likeness (QED) is 0.765. The lowest BCUT2D eigenvalue weighted by Crippen LogP contribution is -2.35. The standard InChI is InChI=1S/C13H16N4O2/c1-19-10-5-12(14-7-10)13(18)16-9-3-2-8-6-15-17-11(8)4-9/h2-4,6,10,12,14H,5,7H2,1H3,(H,15,17)(H,16,18). The maximum atomic E-state index is 12.1. The summed E-state index contributed by atoms with van der Waals surface area (Å²) in [6.45, 7) is 0.716. The normalized spacial score (nSPS) is 22.8. The third-order valence-corrected chi connectivity index (χ3v) is 3.45. The predicted octanol–water partition coefficient (Wildman–Crippen LogP) is 0.878. The van der Waals surface area contributed by atoms with E-state index in [2.05, 4.69) is 20.8 Å². The van der Waals surface area contributed by atoms with Crippen molar-refractivity contribution in [3.63, 3.8) is 0 Å². The molecule has 0 spiro atoms. The van der Waals surface area contributed by atoms with Crippen LogP contribution in [0.3, 0.4) is 0 Å². The molecule has 1 saturated heterocycles. The van der Waals surface area contributed by atoms with Crippen LogP contribution in [0.25, 0.3) is 10.9 Å². The Bertz CT molecular complexity index is 595. The molecule has 0 saturated carbocycles. The van der Waals surface area contributed by atoms with E-state index in [1.165, 1.54) is 0 Å². The fourth-order valence-electron chi connectivity index (χ4n) is 2.33. The summed E-state index contributed by atoms with van der Waals surface area (Å²) in [4.78, 5) is 12.1. The summed E-state index contributed by atoms with van der Waals surface area (Å²) >= 11 is 0. The second kappa shape index (κ2) is 4.99. The Kier molecular flexibility index (Phi) is 3.18. The molecule has 0 radical (unpaired) electrons. The van der Waals surface area contributed by atoms with E-state index in [0.29, 0.717) is 13.0 Å². The lowest BCUT2D eigenvalue weighted by atomic mass is 10.2. The molecule has 3 rings (SSSR count). The van der Waals surface area contributed by atoms with Gasteiger partial charge in [-0.2, -0.15) is 5.10 Å². The zero-order valence-electron chi connectivity index (χ0n) is 10.6. The first kappa shape index (κ1) is 12.1. The van der Waals surface area contributed by atoms with Gasteiger partial charge in [-0.05, 0) is 24.6 Å². The van der Waals surface area contributed by atoms with Crippen LogP contribution in [0, 0.1) is 0 Å². The number of carbonyl (C=O) groups is 1. The van der Waals surface area contributed by atoms with Crippen molar-refractivity contribution in [1.82, 2.24) is 15.5 Å². The van der Waals surface area contributed by atoms with Gasteiger partial charge in [0.2, 0.25) is 5.91 Å². The first-order chi connectivity index (χ1) is 9.26. The Labute approximate surface area is 110 Å². The molecule has 1 aliphatic rings. The minimum Gasteiger partial charge on any atom is -0.380 e. The molecule has 6 heteroatoms. The Morgan fingerprint density at radius 3 is 3.21 bits per heavy atom. The van der Waals surface area contributed by atoms with Crippen LogP contribution in [0.2, 0.25) is 0 Å². The second-order valence-corrected chi connectivity index (χ2v) is 4.72. The van der Waals surface area contributed by atoms with Gasteiger partial charge < -0.3 is 15.4 Å². The number of ether oxygens (including phenoxy) is 1. The van der Waals surface area contributed by atoms with E-state index in [4.69, 9.17) is 4.74 Å². The van der Waals surface area contributed by atoms with Crippen LogP contribution in [0.5, 0.6) is 0 Å². The van der Waals surface area contributed by atoms with Crippen LogP contribution in [-0.2, 0) is 9.53 Å². The third kappa shape index (κ3) is 2.45. The Balaban J connectivity index is 1.68. The molecular formula is C13H16N4O2. The third-order valence-electron chi connectivity index (χ3n) is 3.45. The number of H-pyrrole nitrogens is 1. The maximum absolute atomic E-state index is 12.1. The number of fused-ring (bicyclic) bond motifs is 1. The summed E-state index contributed by atoms with van der Waals surface area (Å²) in [5.74, 6) is -0.0292. The lowest BCUT2D eigenvalue weighted by molar-refractivity contribution is -0.118. The number of nitrogens with one attached hydrogen (secondary N) is 3. The Morgan fingerprint density at radius 2 is 2.42 bits per heavy atom. The lowest BCUT2D eigenvalue weighted by Gasteiger charge is -2.11. The van der Waals surface area contributed by atoms with Crippen LogP contribution >= 0.6 is 0 Å². The number of methoxy groups -OCH3 is 1. The van der Waals surface area contributed by atoms with Crippen molar-refractivity contribution in [2.75, 3.05) is 19.0 Å². The van der Waals surface area contributed by atoms with Crippen molar-refractivity contribution in [1.29, 1.82) is 0 Å². The molecule has 2 unspecified atom stereocenters. The molecule has 1 aromatic carbocycles. The SMILES string of the molecule is COC1CNC(C(=O)Nc2ccc3cn[nH]c3c2)C1. The van der Waals surface area contributed by atoms with E-state index in [0.717, 1.165) is 16.6 Å². The number of rotatable bonds is 3. The van der Waals surface area contributed by atoms with Crippen molar-refractivity contribution < 1.29 is 9.53 Å². The average Bonchev–Trinajstić information content (AvgIpc) is 3.06. The summed E-state index contributed by atoms with van der Waals surface area (Å²) in [5.41, 5.74) is 1.68. The molecule has 2 atom stereocenters. The number of aromatic amines is 1. The Hall–Kier alpha value is -1.92. The summed E-state index contributed by atoms with van der Waals surface area (Å²) in [6, 6.07) is 5.48. The van der Waals surface area contributed by atoms with E-state index >= 15 is 0 Å². The highest BCUT2D eigenvalue weighted by Gasteiger charge is 2.29. The van der Waals surface area contributed by atoms with Crippen molar-refractivity contribution in [3.05, 3.63) is 24.4 Å². The van der Waals surface area contributed by atoms with E-state index in [1.807, 2.05) is 18.2 Å². The zero-order valence-corrected chi connectivity index (χ0v) is 10.6. The summed E-state index contributed by atoms with van der Waals surface area (Å²) in [6.07, 6.45) is 2.57. The molecule has 100 valence electrons. The molecule has 2 heterocycles. The molecule has 1 aliphatic heterocycles. The fraction of sp³-hybridized carbons (Fsp3) is 0.385. The number of hydrogen-bond acceptors (Lipinski definition) is 4. The van der Waals surface area contributed by atoms with Crippen molar-refractivity contribution in [2.45, 2.75) is 18.6 Å². The van der Waals surface area contributed by atoms with Gasteiger partial charge in [-0.25, -0.2) is 0 Å². The van der Waals surface area contributed by atoms with Gasteiger partial charge in [0.25, 0.3) is 0 Å². The van der Waals surface area contributed by atoms with Crippen LogP contribution in [0.15, 0.2) is 24.4 Å². The van der Waals surface area contributed by atoms with Crippen molar-refractivity contribution >= 4 is 22.5 Å². The minimum absolute atomic E-state index is 0.0292. The second-order valence-electron chi connectivity index (χ2n) is 4.72. The number of hydrogen-bond donors (Lipinski definition) is 3. The molecule has 0 aliphatic carbocycles. The highest BCUT2D eigenvalue weighted by molar-refractivity contribution is 5.96. The molecule has 6 nitrogen and oxygen atoms in total. The molecule has 2 aromatic rings. The van der Waals surface area contributed by atoms with Crippen LogP contribution < -0.4 is 10.6 Å². The van der Waals surface area contributed by atoms with Gasteiger partial charge >= 0.3 is 0 Å². The van der Waals surface area contributed by atoms with Gasteiger partial charge in [-0.15, -0.1) is 0 Å². The largest absolute Gasteiger partial charge is 0.380 e. The summed E-state index contributed by atoms with van der Waals surface area (Å²) in [7, 11) is 1.67. The summed E-state index contributed by atoms with van der Waals surface area (Å²) in [5, 5.41) is 13.9. The van der Waals surface area contributed by atoms with E-state index in [1.54, 1.807) is 13.3 Å². The average molecular weight is 260 g/mol. The predicted molar refractivity (Wildman–Crippen MR) is 71.9 cm³/mol. The van der Waals surface area contributed by atoms with Crippen LogP contribution in [0.1, 0.15) is 6.42 Å². The highest BCUT2D eigenvalue weighted by atomic mass is 16.5. The zero-order chi connectivity index (χ0) is 13.2. The number of amides is 1. The number of nitrogens with zero attached hydrogens (tertiary/aromatic N) is 1. The van der Waals surface area contributed by atoms with Crippen molar-refractivity contribution in [3.8, 4) is 0 Å². The van der Waals surface area contributed by atoms with E-state index < -0.39 is 0 Å². The summed E-state index contributed by atoms with van der Waals surface area (Å²) < 4.78 is 5.23. The monoisotopic (exact) mass is 260 g/mol.